The number of benzene rings is 2. The number of imide groups is 1. The zero-order valence-electron chi connectivity index (χ0n) is 36.8. The van der Waals surface area contributed by atoms with E-state index in [1.807, 2.05) is 58.2 Å². The van der Waals surface area contributed by atoms with Gasteiger partial charge in [0.05, 0.1) is 11.7 Å². The predicted octanol–water partition coefficient (Wildman–Crippen LogP) is 6.79. The van der Waals surface area contributed by atoms with Crippen LogP contribution >= 0.6 is 0 Å². The predicted molar refractivity (Wildman–Crippen MR) is 242 cm³/mol. The number of nitrogens with zero attached hydrogens (tertiary/aromatic N) is 9. The Morgan fingerprint density at radius 2 is 1.67 bits per heavy atom. The van der Waals surface area contributed by atoms with Crippen molar-refractivity contribution in [1.82, 2.24) is 45.6 Å². The average Bonchev–Trinajstić information content (AvgIpc) is 3.98. The van der Waals surface area contributed by atoms with Gasteiger partial charge in [-0.1, -0.05) is 25.9 Å². The summed E-state index contributed by atoms with van der Waals surface area (Å²) in [7, 11) is 0. The smallest absolute Gasteiger partial charge is 0.328 e. The Labute approximate surface area is 370 Å². The maximum absolute atomic E-state index is 16.0. The molecule has 3 N–H and O–H groups in total. The second kappa shape index (κ2) is 17.4. The molecule has 17 heteroatoms. The lowest BCUT2D eigenvalue weighted by Crippen LogP contribution is -2.49. The second-order valence-corrected chi connectivity index (χ2v) is 18.1. The van der Waals surface area contributed by atoms with Crippen LogP contribution in [-0.2, 0) is 10.2 Å². The molecule has 6 aromatic rings. The molecule has 3 saturated heterocycles. The highest BCUT2D eigenvalue weighted by Crippen LogP contribution is 2.34. The molecule has 2 aromatic carbocycles. The minimum Gasteiger partial charge on any atom is -0.372 e. The largest absolute Gasteiger partial charge is 0.372 e. The van der Waals surface area contributed by atoms with Gasteiger partial charge < -0.3 is 24.6 Å². The first-order chi connectivity index (χ1) is 30.8. The van der Waals surface area contributed by atoms with Gasteiger partial charge in [0.15, 0.2) is 0 Å². The second-order valence-electron chi connectivity index (χ2n) is 18.1. The Bertz CT molecular complexity index is 2680. The number of hydrogen-bond donors (Lipinski definition) is 3. The number of carbonyl (C=O) groups is 3. The van der Waals surface area contributed by atoms with Crippen LogP contribution in [0.5, 0.6) is 0 Å². The van der Waals surface area contributed by atoms with Gasteiger partial charge in [0.2, 0.25) is 11.8 Å². The van der Waals surface area contributed by atoms with Crippen molar-refractivity contribution < 1.29 is 23.3 Å². The summed E-state index contributed by atoms with van der Waals surface area (Å²) >= 11 is 0. The van der Waals surface area contributed by atoms with Gasteiger partial charge in [-0.3, -0.25) is 24.7 Å². The molecule has 0 unspecified atom stereocenters. The maximum Gasteiger partial charge on any atom is 0.328 e. The number of H-pyrrole nitrogens is 1. The molecule has 0 radical (unpaired) electrons. The van der Waals surface area contributed by atoms with Crippen LogP contribution in [0.4, 0.5) is 26.4 Å². The number of fused-ring (bicyclic) bond motifs is 1. The number of piperidine rings is 1. The third kappa shape index (κ3) is 8.89. The Morgan fingerprint density at radius 3 is 2.36 bits per heavy atom. The number of carbonyl (C=O) groups excluding carboxylic acids is 3. The fourth-order valence-electron chi connectivity index (χ4n) is 8.90. The summed E-state index contributed by atoms with van der Waals surface area (Å²) in [6.45, 7) is 16.7. The molecule has 64 heavy (non-hydrogen) atoms. The first kappa shape index (κ1) is 42.5. The molecular formula is C47H53FN12O4. The molecule has 3 aliphatic rings. The molecular weight excluding hydrogens is 816 g/mol. The molecule has 3 fully saturated rings. The minimum absolute atomic E-state index is 0.0726. The van der Waals surface area contributed by atoms with Crippen LogP contribution in [0.25, 0.3) is 33.5 Å². The number of rotatable bonds is 10. The van der Waals surface area contributed by atoms with Gasteiger partial charge in [0.1, 0.15) is 23.6 Å². The Morgan fingerprint density at radius 1 is 0.922 bits per heavy atom. The molecule has 16 nitrogen and oxygen atoms in total. The van der Waals surface area contributed by atoms with Crippen LogP contribution in [0, 0.1) is 18.7 Å². The number of pyridine rings is 1. The van der Waals surface area contributed by atoms with Crippen LogP contribution in [0.3, 0.4) is 0 Å². The maximum atomic E-state index is 16.0. The van der Waals surface area contributed by atoms with Crippen molar-refractivity contribution in [3.63, 3.8) is 0 Å². The van der Waals surface area contributed by atoms with Gasteiger partial charge in [-0.15, -0.1) is 0 Å². The number of urea groups is 1. The highest BCUT2D eigenvalue weighted by Gasteiger charge is 2.28. The highest BCUT2D eigenvalue weighted by molar-refractivity contribution is 6.05. The molecule has 0 saturated carbocycles. The number of aromatic amines is 1. The summed E-state index contributed by atoms with van der Waals surface area (Å²) in [6.07, 6.45) is 5.87. The Kier molecular flexibility index (Phi) is 11.6. The first-order valence-electron chi connectivity index (χ1n) is 22.0. The van der Waals surface area contributed by atoms with Crippen molar-refractivity contribution >= 4 is 46.1 Å². The quantitative estimate of drug-likeness (QED) is 0.131. The van der Waals surface area contributed by atoms with E-state index in [4.69, 9.17) is 9.51 Å². The van der Waals surface area contributed by atoms with Crippen molar-refractivity contribution in [2.24, 2.45) is 5.92 Å². The lowest BCUT2D eigenvalue weighted by Gasteiger charge is -2.39. The average molecular weight is 869 g/mol. The van der Waals surface area contributed by atoms with Crippen molar-refractivity contribution in [1.29, 1.82) is 0 Å². The zero-order valence-corrected chi connectivity index (χ0v) is 36.8. The van der Waals surface area contributed by atoms with Gasteiger partial charge >= 0.3 is 6.03 Å². The molecule has 0 bridgehead atoms. The first-order valence-corrected chi connectivity index (χ1v) is 22.0. The summed E-state index contributed by atoms with van der Waals surface area (Å²) < 4.78 is 21.3. The molecule has 4 amide bonds. The number of piperazine rings is 1. The SMILES string of the molecule is Cc1cc(-c2ncnc3[nH]c(-c4ccc(N5CCN(CC6CCN(c7ccc(N8CCC(=O)NC8=O)cc7)CC6)CC5)nc4)cc23)c(F)cc1[C@@H](C)NC(=O)c1noc(C(C)(C)C)n1. The van der Waals surface area contributed by atoms with E-state index in [0.717, 1.165) is 92.7 Å². The van der Waals surface area contributed by atoms with Gasteiger partial charge in [-0.25, -0.2) is 24.1 Å². The summed E-state index contributed by atoms with van der Waals surface area (Å²) in [5, 5.41) is 9.77. The molecule has 9 rings (SSSR count). The van der Waals surface area contributed by atoms with Gasteiger partial charge in [0, 0.05) is 104 Å². The van der Waals surface area contributed by atoms with E-state index in [-0.39, 0.29) is 17.8 Å². The molecule has 0 aliphatic carbocycles. The van der Waals surface area contributed by atoms with E-state index in [1.54, 1.807) is 17.9 Å². The third-order valence-corrected chi connectivity index (χ3v) is 12.6. The number of aromatic nitrogens is 6. The number of amides is 4. The number of hydrogen-bond acceptors (Lipinski definition) is 12. The summed E-state index contributed by atoms with van der Waals surface area (Å²) in [5.41, 5.74) is 6.02. The lowest BCUT2D eigenvalue weighted by atomic mass is 9.95. The van der Waals surface area contributed by atoms with Crippen LogP contribution < -0.4 is 25.3 Å². The molecule has 1 atom stereocenters. The fourth-order valence-corrected chi connectivity index (χ4v) is 8.90. The van der Waals surface area contributed by atoms with E-state index in [1.165, 1.54) is 12.4 Å². The van der Waals surface area contributed by atoms with Crippen LogP contribution in [0.2, 0.25) is 0 Å². The van der Waals surface area contributed by atoms with E-state index in [9.17, 15) is 14.4 Å². The molecule has 332 valence electrons. The monoisotopic (exact) mass is 868 g/mol. The Balaban J connectivity index is 0.781. The van der Waals surface area contributed by atoms with Gasteiger partial charge in [-0.05, 0) is 98.3 Å². The third-order valence-electron chi connectivity index (χ3n) is 12.6. The zero-order chi connectivity index (χ0) is 44.7. The summed E-state index contributed by atoms with van der Waals surface area (Å²) in [6, 6.07) is 16.4. The summed E-state index contributed by atoms with van der Waals surface area (Å²) in [4.78, 5) is 67.1. The number of aryl methyl sites for hydroxylation is 1. The molecule has 0 spiro atoms. The highest BCUT2D eigenvalue weighted by atomic mass is 19.1. The van der Waals surface area contributed by atoms with E-state index >= 15 is 4.39 Å². The van der Waals surface area contributed by atoms with Crippen LogP contribution in [0.15, 0.2) is 71.6 Å². The van der Waals surface area contributed by atoms with Crippen molar-refractivity contribution in [3.05, 3.63) is 95.8 Å². The Hall–Kier alpha value is -6.75. The molecule has 3 aliphatic heterocycles. The standard InChI is InChI=1S/C47H53FN12O4/c1-28-22-35(37(48)23-34(28)29(2)52-44(62)43-55-45(64-56-43)47(3,4)5)41-36-24-38(53-42(36)51-27-50-41)31-6-11-39(49-25-31)59-20-18-57(19-21-59)26-30-12-15-58(16-13-30)32-7-9-33(10-8-32)60-17-14-40(61)54-46(60)63/h6-11,22-25,27,29-30H,12-21,26H2,1-5H3,(H,52,62)(H,50,51,53)(H,54,61,63)/t29-/m1/s1. The van der Waals surface area contributed by atoms with E-state index in [0.29, 0.717) is 52.6 Å². The topological polar surface area (TPSA) is 182 Å². The van der Waals surface area contributed by atoms with E-state index in [2.05, 4.69) is 68.6 Å². The number of halogens is 1. The minimum atomic E-state index is -0.529. The van der Waals surface area contributed by atoms with Crippen molar-refractivity contribution in [2.75, 3.05) is 67.1 Å². The number of anilines is 3. The number of nitrogens with one attached hydrogen (secondary N) is 3. The molecule has 4 aromatic heterocycles. The van der Waals surface area contributed by atoms with Crippen molar-refractivity contribution in [2.45, 2.75) is 65.3 Å². The van der Waals surface area contributed by atoms with Gasteiger partial charge in [0.25, 0.3) is 11.7 Å². The molecule has 7 heterocycles. The summed E-state index contributed by atoms with van der Waals surface area (Å²) in [5.74, 6) is 0.657. The van der Waals surface area contributed by atoms with Gasteiger partial charge in [-0.2, -0.15) is 4.98 Å². The van der Waals surface area contributed by atoms with E-state index < -0.39 is 23.2 Å². The lowest BCUT2D eigenvalue weighted by molar-refractivity contribution is -0.120. The van der Waals surface area contributed by atoms with Crippen LogP contribution in [-0.4, -0.2) is 105 Å². The fraction of sp³-hybridized carbons (Fsp3) is 0.404. The van der Waals surface area contributed by atoms with Crippen LogP contribution in [0.1, 0.15) is 80.6 Å². The van der Waals surface area contributed by atoms with Crippen molar-refractivity contribution in [3.8, 4) is 22.5 Å². The normalized spacial score (nSPS) is 17.2.